The first kappa shape index (κ1) is 15.7. The second-order valence-electron chi connectivity index (χ2n) is 5.54. The van der Waals surface area contributed by atoms with Crippen molar-refractivity contribution in [3.05, 3.63) is 76.0 Å². The highest BCUT2D eigenvalue weighted by Gasteiger charge is 2.07. The molecule has 23 heavy (non-hydrogen) atoms. The first-order valence-electron chi connectivity index (χ1n) is 7.47. The Bertz CT molecular complexity index is 844. The number of carbonyl (C=O) groups is 1. The second kappa shape index (κ2) is 6.92. The van der Waals surface area contributed by atoms with Crippen LogP contribution in [0.5, 0.6) is 0 Å². The van der Waals surface area contributed by atoms with Crippen LogP contribution in [0.25, 0.3) is 10.8 Å². The van der Waals surface area contributed by atoms with Crippen molar-refractivity contribution in [3.63, 3.8) is 0 Å². The largest absolute Gasteiger partial charge is 0.352 e. The van der Waals surface area contributed by atoms with Gasteiger partial charge in [-0.25, -0.2) is 0 Å². The summed E-state index contributed by atoms with van der Waals surface area (Å²) in [6, 6.07) is 16.0. The highest BCUT2D eigenvalue weighted by molar-refractivity contribution is 9.10. The first-order valence-corrected chi connectivity index (χ1v) is 8.26. The number of pyridine rings is 1. The van der Waals surface area contributed by atoms with Crippen LogP contribution in [0.2, 0.25) is 0 Å². The maximum absolute atomic E-state index is 12.2. The highest BCUT2D eigenvalue weighted by Crippen LogP contribution is 2.19. The lowest BCUT2D eigenvalue weighted by molar-refractivity contribution is -0.120. The molecule has 1 aromatic heterocycles. The van der Waals surface area contributed by atoms with Gasteiger partial charge in [0.05, 0.1) is 6.42 Å². The zero-order valence-electron chi connectivity index (χ0n) is 12.8. The minimum atomic E-state index is 0.0230. The molecular weight excluding hydrogens is 352 g/mol. The molecule has 0 atom stereocenters. The molecule has 3 nitrogen and oxygen atoms in total. The van der Waals surface area contributed by atoms with Crippen molar-refractivity contribution in [2.45, 2.75) is 19.9 Å². The van der Waals surface area contributed by atoms with Gasteiger partial charge in [-0.05, 0) is 41.6 Å². The second-order valence-corrected chi connectivity index (χ2v) is 6.46. The average molecular weight is 369 g/mol. The van der Waals surface area contributed by atoms with E-state index in [0.29, 0.717) is 13.0 Å². The minimum absolute atomic E-state index is 0.0230. The Labute approximate surface area is 143 Å². The molecule has 1 N–H and O–H groups in total. The number of benzene rings is 2. The van der Waals surface area contributed by atoms with Crippen LogP contribution in [0.4, 0.5) is 0 Å². The van der Waals surface area contributed by atoms with E-state index in [2.05, 4.69) is 26.2 Å². The molecule has 0 saturated heterocycles. The third-order valence-electron chi connectivity index (χ3n) is 3.74. The molecule has 116 valence electrons. The molecule has 0 saturated carbocycles. The molecule has 0 spiro atoms. The van der Waals surface area contributed by atoms with Gasteiger partial charge in [-0.1, -0.05) is 46.3 Å². The van der Waals surface area contributed by atoms with Crippen LogP contribution in [0.3, 0.4) is 0 Å². The summed E-state index contributed by atoms with van der Waals surface area (Å²) in [6.07, 6.45) is 2.23. The van der Waals surface area contributed by atoms with Crippen molar-refractivity contribution in [1.29, 1.82) is 0 Å². The molecule has 0 aliphatic heterocycles. The fourth-order valence-corrected chi connectivity index (χ4v) is 2.80. The number of halogens is 1. The van der Waals surface area contributed by atoms with Gasteiger partial charge in [-0.2, -0.15) is 0 Å². The van der Waals surface area contributed by atoms with E-state index in [9.17, 15) is 4.79 Å². The van der Waals surface area contributed by atoms with E-state index in [1.807, 2.05) is 61.7 Å². The molecule has 0 fully saturated rings. The van der Waals surface area contributed by atoms with Crippen molar-refractivity contribution in [3.8, 4) is 0 Å². The van der Waals surface area contributed by atoms with Gasteiger partial charge in [0.15, 0.2) is 0 Å². The summed E-state index contributed by atoms with van der Waals surface area (Å²) in [5, 5.41) is 5.14. The summed E-state index contributed by atoms with van der Waals surface area (Å²) in [5.41, 5.74) is 3.07. The molecule has 1 amide bonds. The molecule has 2 aromatic carbocycles. The number of hydrogen-bond donors (Lipinski definition) is 1. The predicted molar refractivity (Wildman–Crippen MR) is 96.2 cm³/mol. The minimum Gasteiger partial charge on any atom is -0.352 e. The maximum Gasteiger partial charge on any atom is 0.224 e. The smallest absolute Gasteiger partial charge is 0.224 e. The Kier molecular flexibility index (Phi) is 4.72. The van der Waals surface area contributed by atoms with E-state index in [1.165, 1.54) is 0 Å². The van der Waals surface area contributed by atoms with Gasteiger partial charge in [0.1, 0.15) is 0 Å². The lowest BCUT2D eigenvalue weighted by Crippen LogP contribution is -2.24. The van der Waals surface area contributed by atoms with E-state index >= 15 is 0 Å². The molecule has 3 aromatic rings. The van der Waals surface area contributed by atoms with E-state index in [1.54, 1.807) is 0 Å². The quantitative estimate of drug-likeness (QED) is 0.750. The van der Waals surface area contributed by atoms with Gasteiger partial charge in [-0.15, -0.1) is 0 Å². The van der Waals surface area contributed by atoms with Crippen molar-refractivity contribution >= 4 is 32.6 Å². The van der Waals surface area contributed by atoms with Crippen molar-refractivity contribution < 1.29 is 4.79 Å². The van der Waals surface area contributed by atoms with Gasteiger partial charge in [0, 0.05) is 28.3 Å². The normalized spacial score (nSPS) is 10.7. The molecule has 0 aliphatic rings. The van der Waals surface area contributed by atoms with E-state index in [4.69, 9.17) is 0 Å². The van der Waals surface area contributed by atoms with Gasteiger partial charge in [0.2, 0.25) is 5.91 Å². The van der Waals surface area contributed by atoms with E-state index in [0.717, 1.165) is 32.1 Å². The molecular formula is C19H17BrN2O. The number of fused-ring (bicyclic) bond motifs is 1. The van der Waals surface area contributed by atoms with Crippen LogP contribution >= 0.6 is 15.9 Å². The summed E-state index contributed by atoms with van der Waals surface area (Å²) in [4.78, 5) is 16.6. The van der Waals surface area contributed by atoms with Gasteiger partial charge >= 0.3 is 0 Å². The Morgan fingerprint density at radius 3 is 2.74 bits per heavy atom. The summed E-state index contributed by atoms with van der Waals surface area (Å²) in [5.74, 6) is 0.0230. The van der Waals surface area contributed by atoms with Gasteiger partial charge in [0.25, 0.3) is 0 Å². The highest BCUT2D eigenvalue weighted by atomic mass is 79.9. The summed E-state index contributed by atoms with van der Waals surface area (Å²) >= 11 is 3.41. The van der Waals surface area contributed by atoms with Crippen LogP contribution in [-0.2, 0) is 17.8 Å². The summed E-state index contributed by atoms with van der Waals surface area (Å²) in [7, 11) is 0. The lowest BCUT2D eigenvalue weighted by Gasteiger charge is -2.08. The standard InChI is InChI=1S/C19H17BrN2O/c1-13-9-18-15(3-2-4-16(18)12-21-13)10-19(23)22-11-14-5-7-17(20)8-6-14/h2-9,12H,10-11H2,1H3,(H,22,23). The van der Waals surface area contributed by atoms with Gasteiger partial charge < -0.3 is 5.32 Å². The van der Waals surface area contributed by atoms with Crippen LogP contribution in [0.1, 0.15) is 16.8 Å². The third-order valence-corrected chi connectivity index (χ3v) is 4.27. The van der Waals surface area contributed by atoms with Crippen molar-refractivity contribution in [2.75, 3.05) is 0 Å². The molecule has 0 aliphatic carbocycles. The SMILES string of the molecule is Cc1cc2c(CC(=O)NCc3ccc(Br)cc3)cccc2cn1. The lowest BCUT2D eigenvalue weighted by atomic mass is 10.0. The summed E-state index contributed by atoms with van der Waals surface area (Å²) < 4.78 is 1.03. The van der Waals surface area contributed by atoms with Crippen LogP contribution < -0.4 is 5.32 Å². The van der Waals surface area contributed by atoms with Crippen LogP contribution in [0.15, 0.2) is 59.2 Å². The number of rotatable bonds is 4. The van der Waals surface area contributed by atoms with Gasteiger partial charge in [-0.3, -0.25) is 9.78 Å². The fraction of sp³-hybridized carbons (Fsp3) is 0.158. The third kappa shape index (κ3) is 3.96. The number of carbonyl (C=O) groups excluding carboxylic acids is 1. The average Bonchev–Trinajstić information content (AvgIpc) is 2.55. The predicted octanol–water partition coefficient (Wildman–Crippen LogP) is 4.16. The molecule has 0 bridgehead atoms. The number of hydrogen-bond acceptors (Lipinski definition) is 2. The fourth-order valence-electron chi connectivity index (χ4n) is 2.53. The molecule has 0 radical (unpaired) electrons. The molecule has 3 rings (SSSR count). The van der Waals surface area contributed by atoms with Crippen molar-refractivity contribution in [1.82, 2.24) is 10.3 Å². The van der Waals surface area contributed by atoms with E-state index in [-0.39, 0.29) is 5.91 Å². The van der Waals surface area contributed by atoms with Crippen LogP contribution in [-0.4, -0.2) is 10.9 Å². The number of aromatic nitrogens is 1. The topological polar surface area (TPSA) is 42.0 Å². The number of amides is 1. The Balaban J connectivity index is 1.70. The number of nitrogens with zero attached hydrogens (tertiary/aromatic N) is 1. The van der Waals surface area contributed by atoms with Crippen LogP contribution in [0, 0.1) is 6.92 Å². The van der Waals surface area contributed by atoms with E-state index < -0.39 is 0 Å². The summed E-state index contributed by atoms with van der Waals surface area (Å²) in [6.45, 7) is 2.50. The monoisotopic (exact) mass is 368 g/mol. The molecule has 0 unspecified atom stereocenters. The number of aryl methyl sites for hydroxylation is 1. The molecule has 4 heteroatoms. The number of nitrogens with one attached hydrogen (secondary N) is 1. The molecule has 1 heterocycles. The zero-order valence-corrected chi connectivity index (χ0v) is 14.4. The van der Waals surface area contributed by atoms with Crippen molar-refractivity contribution in [2.24, 2.45) is 0 Å². The Morgan fingerprint density at radius 2 is 1.96 bits per heavy atom. The zero-order chi connectivity index (χ0) is 16.2. The maximum atomic E-state index is 12.2. The first-order chi connectivity index (χ1) is 11.1. The Hall–Kier alpha value is -2.20. The Morgan fingerprint density at radius 1 is 1.17 bits per heavy atom.